The highest BCUT2D eigenvalue weighted by Gasteiger charge is 2.21. The first-order valence-electron chi connectivity index (χ1n) is 5.82. The van der Waals surface area contributed by atoms with Crippen molar-refractivity contribution in [2.24, 2.45) is 0 Å². The summed E-state index contributed by atoms with van der Waals surface area (Å²) in [6.07, 6.45) is 3.09. The Morgan fingerprint density at radius 3 is 3.06 bits per heavy atom. The minimum Gasteiger partial charge on any atom is -0.481 e. The van der Waals surface area contributed by atoms with Gasteiger partial charge in [-0.2, -0.15) is 0 Å². The highest BCUT2D eigenvalue weighted by atomic mass is 16.5. The first-order valence-corrected chi connectivity index (χ1v) is 5.82. The van der Waals surface area contributed by atoms with Gasteiger partial charge in [-0.25, -0.2) is 4.98 Å². The van der Waals surface area contributed by atoms with E-state index < -0.39 is 0 Å². The van der Waals surface area contributed by atoms with Crippen molar-refractivity contribution in [1.29, 1.82) is 0 Å². The molecule has 0 bridgehead atoms. The van der Waals surface area contributed by atoms with Gasteiger partial charge in [0.25, 0.3) is 0 Å². The Labute approximate surface area is 96.6 Å². The summed E-state index contributed by atoms with van der Waals surface area (Å²) in [4.78, 5) is 6.59. The van der Waals surface area contributed by atoms with Crippen molar-refractivity contribution in [3.63, 3.8) is 0 Å². The lowest BCUT2D eigenvalue weighted by atomic mass is 10.3. The number of hydrogen-bond donors (Lipinski definition) is 1. The molecule has 1 unspecified atom stereocenters. The molecule has 0 aliphatic carbocycles. The third-order valence-electron chi connectivity index (χ3n) is 2.98. The van der Waals surface area contributed by atoms with Gasteiger partial charge in [0, 0.05) is 25.2 Å². The minimum atomic E-state index is 0.618. The second kappa shape index (κ2) is 5.16. The van der Waals surface area contributed by atoms with Gasteiger partial charge in [-0.05, 0) is 19.0 Å². The summed E-state index contributed by atoms with van der Waals surface area (Å²) in [6.45, 7) is 5.37. The Kier molecular flexibility index (Phi) is 3.62. The molecule has 0 aromatic carbocycles. The second-order valence-corrected chi connectivity index (χ2v) is 4.05. The zero-order chi connectivity index (χ0) is 11.4. The van der Waals surface area contributed by atoms with Crippen molar-refractivity contribution < 1.29 is 4.74 Å². The molecule has 4 heteroatoms. The highest BCUT2D eigenvalue weighted by Crippen LogP contribution is 2.20. The number of aromatic nitrogens is 1. The lowest BCUT2D eigenvalue weighted by Gasteiger charge is -2.18. The quantitative estimate of drug-likeness (QED) is 0.831. The third kappa shape index (κ3) is 2.44. The molecular formula is C12H19N3O. The standard InChI is InChI=1S/C12H19N3O/c1-3-13-10-6-7-15(9-10)11-4-5-12(16-2)14-8-11/h4-5,8,10,13H,3,6-7,9H2,1-2H3. The lowest BCUT2D eigenvalue weighted by molar-refractivity contribution is 0.398. The van der Waals surface area contributed by atoms with Gasteiger partial charge in [0.2, 0.25) is 5.88 Å². The third-order valence-corrected chi connectivity index (χ3v) is 2.98. The molecule has 1 aromatic heterocycles. The van der Waals surface area contributed by atoms with Gasteiger partial charge in [0.1, 0.15) is 0 Å². The van der Waals surface area contributed by atoms with Gasteiger partial charge in [0.05, 0.1) is 19.0 Å². The SMILES string of the molecule is CCNC1CCN(c2ccc(OC)nc2)C1. The first-order chi connectivity index (χ1) is 7.83. The van der Waals surface area contributed by atoms with Crippen LogP contribution < -0.4 is 15.0 Å². The van der Waals surface area contributed by atoms with Crippen LogP contribution in [0.25, 0.3) is 0 Å². The van der Waals surface area contributed by atoms with E-state index >= 15 is 0 Å². The van der Waals surface area contributed by atoms with E-state index in [2.05, 4.69) is 28.2 Å². The first kappa shape index (κ1) is 11.2. The maximum Gasteiger partial charge on any atom is 0.213 e. The number of likely N-dealkylation sites (N-methyl/N-ethyl adjacent to an activating group) is 1. The van der Waals surface area contributed by atoms with Crippen LogP contribution in [0.3, 0.4) is 0 Å². The Bertz CT molecular complexity index is 326. The van der Waals surface area contributed by atoms with E-state index in [4.69, 9.17) is 4.74 Å². The summed E-state index contributed by atoms with van der Waals surface area (Å²) in [6, 6.07) is 4.60. The Morgan fingerprint density at radius 1 is 1.56 bits per heavy atom. The number of nitrogens with zero attached hydrogens (tertiary/aromatic N) is 2. The van der Waals surface area contributed by atoms with Crippen molar-refractivity contribution in [2.45, 2.75) is 19.4 Å². The minimum absolute atomic E-state index is 0.618. The summed E-state index contributed by atoms with van der Waals surface area (Å²) in [5, 5.41) is 3.48. The molecule has 0 amide bonds. The molecule has 1 aliphatic heterocycles. The molecule has 1 fully saturated rings. The molecule has 88 valence electrons. The Hall–Kier alpha value is -1.29. The fourth-order valence-electron chi connectivity index (χ4n) is 2.13. The molecule has 0 spiro atoms. The van der Waals surface area contributed by atoms with Crippen LogP contribution in [0.15, 0.2) is 18.3 Å². The summed E-state index contributed by atoms with van der Waals surface area (Å²) >= 11 is 0. The zero-order valence-corrected chi connectivity index (χ0v) is 9.94. The summed E-state index contributed by atoms with van der Waals surface area (Å²) in [5.74, 6) is 0.672. The van der Waals surface area contributed by atoms with Crippen LogP contribution in [0.4, 0.5) is 5.69 Å². The number of hydrogen-bond acceptors (Lipinski definition) is 4. The van der Waals surface area contributed by atoms with Gasteiger partial charge >= 0.3 is 0 Å². The van der Waals surface area contributed by atoms with E-state index in [0.717, 1.165) is 19.6 Å². The van der Waals surface area contributed by atoms with E-state index in [0.29, 0.717) is 11.9 Å². The normalized spacial score (nSPS) is 20.1. The number of pyridine rings is 1. The largest absolute Gasteiger partial charge is 0.481 e. The van der Waals surface area contributed by atoms with Crippen LogP contribution in [0.5, 0.6) is 5.88 Å². The topological polar surface area (TPSA) is 37.4 Å². The van der Waals surface area contributed by atoms with Crippen LogP contribution in [0.1, 0.15) is 13.3 Å². The molecule has 1 N–H and O–H groups in total. The maximum absolute atomic E-state index is 5.05. The zero-order valence-electron chi connectivity index (χ0n) is 9.94. The fourth-order valence-corrected chi connectivity index (χ4v) is 2.13. The second-order valence-electron chi connectivity index (χ2n) is 4.05. The van der Waals surface area contributed by atoms with E-state index in [1.54, 1.807) is 7.11 Å². The average molecular weight is 221 g/mol. The van der Waals surface area contributed by atoms with E-state index in [1.165, 1.54) is 12.1 Å². The van der Waals surface area contributed by atoms with Crippen molar-refractivity contribution in [3.8, 4) is 5.88 Å². The molecule has 1 saturated heterocycles. The highest BCUT2D eigenvalue weighted by molar-refractivity contribution is 5.46. The molecule has 4 nitrogen and oxygen atoms in total. The predicted molar refractivity (Wildman–Crippen MR) is 65.1 cm³/mol. The van der Waals surface area contributed by atoms with Crippen molar-refractivity contribution in [2.75, 3.05) is 31.6 Å². The van der Waals surface area contributed by atoms with Crippen molar-refractivity contribution in [3.05, 3.63) is 18.3 Å². The predicted octanol–water partition coefficient (Wildman–Crippen LogP) is 1.28. The Balaban J connectivity index is 1.97. The number of anilines is 1. The summed E-state index contributed by atoms with van der Waals surface area (Å²) in [5.41, 5.74) is 1.18. The molecule has 1 aliphatic rings. The molecular weight excluding hydrogens is 202 g/mol. The fraction of sp³-hybridized carbons (Fsp3) is 0.583. The monoisotopic (exact) mass is 221 g/mol. The number of rotatable bonds is 4. The lowest BCUT2D eigenvalue weighted by Crippen LogP contribution is -2.32. The van der Waals surface area contributed by atoms with Crippen LogP contribution in [0, 0.1) is 0 Å². The van der Waals surface area contributed by atoms with Crippen molar-refractivity contribution >= 4 is 5.69 Å². The van der Waals surface area contributed by atoms with E-state index in [-0.39, 0.29) is 0 Å². The number of methoxy groups -OCH3 is 1. The van der Waals surface area contributed by atoms with Gasteiger partial charge in [0.15, 0.2) is 0 Å². The molecule has 1 aromatic rings. The summed E-state index contributed by atoms with van der Waals surface area (Å²) in [7, 11) is 1.64. The maximum atomic E-state index is 5.05. The smallest absolute Gasteiger partial charge is 0.213 e. The van der Waals surface area contributed by atoms with Gasteiger partial charge in [-0.3, -0.25) is 0 Å². The molecule has 0 saturated carbocycles. The molecule has 2 rings (SSSR count). The van der Waals surface area contributed by atoms with Crippen LogP contribution in [0.2, 0.25) is 0 Å². The summed E-state index contributed by atoms with van der Waals surface area (Å²) < 4.78 is 5.05. The van der Waals surface area contributed by atoms with Gasteiger partial charge in [-0.1, -0.05) is 6.92 Å². The number of nitrogens with one attached hydrogen (secondary N) is 1. The molecule has 16 heavy (non-hydrogen) atoms. The van der Waals surface area contributed by atoms with E-state index in [1.807, 2.05) is 12.3 Å². The average Bonchev–Trinajstić information content (AvgIpc) is 2.78. The molecule has 2 heterocycles. The Morgan fingerprint density at radius 2 is 2.44 bits per heavy atom. The van der Waals surface area contributed by atoms with E-state index in [9.17, 15) is 0 Å². The van der Waals surface area contributed by atoms with Crippen molar-refractivity contribution in [1.82, 2.24) is 10.3 Å². The van der Waals surface area contributed by atoms with Crippen LogP contribution >= 0.6 is 0 Å². The van der Waals surface area contributed by atoms with Gasteiger partial charge < -0.3 is 15.0 Å². The molecule has 0 radical (unpaired) electrons. The molecule has 1 atom stereocenters. The number of ether oxygens (including phenoxy) is 1. The van der Waals surface area contributed by atoms with Gasteiger partial charge in [-0.15, -0.1) is 0 Å². The van der Waals surface area contributed by atoms with Crippen LogP contribution in [-0.4, -0.2) is 37.8 Å². The van der Waals surface area contributed by atoms with Crippen LogP contribution in [-0.2, 0) is 0 Å².